The van der Waals surface area contributed by atoms with E-state index in [9.17, 15) is 8.78 Å². The van der Waals surface area contributed by atoms with Crippen molar-refractivity contribution in [3.05, 3.63) is 70.8 Å². The molecule has 0 aromatic heterocycles. The number of hydrogen-bond acceptors (Lipinski definition) is 2. The van der Waals surface area contributed by atoms with Gasteiger partial charge in [-0.2, -0.15) is 0 Å². The predicted molar refractivity (Wildman–Crippen MR) is 66.7 cm³/mol. The molecule has 1 unspecified atom stereocenters. The third-order valence-electron chi connectivity index (χ3n) is 2.90. The van der Waals surface area contributed by atoms with Gasteiger partial charge < -0.3 is 0 Å². The van der Waals surface area contributed by atoms with E-state index in [4.69, 9.17) is 5.84 Å². The molecule has 0 aliphatic heterocycles. The van der Waals surface area contributed by atoms with E-state index < -0.39 is 0 Å². The van der Waals surface area contributed by atoms with Gasteiger partial charge in [0.25, 0.3) is 0 Å². The first-order chi connectivity index (χ1) is 8.61. The highest BCUT2D eigenvalue weighted by atomic mass is 19.1. The fourth-order valence-corrected chi connectivity index (χ4v) is 1.83. The molecule has 0 bridgehead atoms. The zero-order chi connectivity index (χ0) is 13.1. The lowest BCUT2D eigenvalue weighted by Gasteiger charge is -2.17. The molecule has 2 aromatic rings. The minimum absolute atomic E-state index is 0.283. The van der Waals surface area contributed by atoms with Crippen LogP contribution in [0.1, 0.15) is 22.7 Å². The van der Waals surface area contributed by atoms with Crippen LogP contribution in [0.3, 0.4) is 0 Å². The minimum Gasteiger partial charge on any atom is -0.271 e. The van der Waals surface area contributed by atoms with Gasteiger partial charge in [-0.25, -0.2) is 14.2 Å². The van der Waals surface area contributed by atoms with Gasteiger partial charge in [0.2, 0.25) is 0 Å². The third kappa shape index (κ3) is 2.55. The van der Waals surface area contributed by atoms with Gasteiger partial charge in [0, 0.05) is 0 Å². The Morgan fingerprint density at radius 3 is 2.17 bits per heavy atom. The molecule has 2 nitrogen and oxygen atoms in total. The average Bonchev–Trinajstić information content (AvgIpc) is 2.37. The lowest BCUT2D eigenvalue weighted by Crippen LogP contribution is -2.28. The summed E-state index contributed by atoms with van der Waals surface area (Å²) in [6, 6.07) is 10.5. The van der Waals surface area contributed by atoms with E-state index in [1.807, 2.05) is 0 Å². The summed E-state index contributed by atoms with van der Waals surface area (Å²) in [5.41, 5.74) is 4.67. The van der Waals surface area contributed by atoms with Gasteiger partial charge in [-0.1, -0.05) is 24.3 Å². The number of hydrazine groups is 1. The molecule has 0 heterocycles. The maximum atomic E-state index is 13.5. The molecule has 0 saturated carbocycles. The number of aryl methyl sites for hydroxylation is 1. The number of halogens is 2. The van der Waals surface area contributed by atoms with Crippen molar-refractivity contribution in [2.75, 3.05) is 0 Å². The van der Waals surface area contributed by atoms with Crippen LogP contribution < -0.4 is 11.3 Å². The Balaban J connectivity index is 2.38. The van der Waals surface area contributed by atoms with Crippen molar-refractivity contribution in [2.45, 2.75) is 13.0 Å². The Kier molecular flexibility index (Phi) is 3.69. The highest BCUT2D eigenvalue weighted by Gasteiger charge is 2.13. The molecule has 0 spiro atoms. The van der Waals surface area contributed by atoms with Crippen LogP contribution in [0.15, 0.2) is 42.5 Å². The van der Waals surface area contributed by atoms with E-state index in [0.29, 0.717) is 11.1 Å². The maximum absolute atomic E-state index is 13.5. The highest BCUT2D eigenvalue weighted by molar-refractivity contribution is 5.33. The van der Waals surface area contributed by atoms with Crippen molar-refractivity contribution in [3.8, 4) is 0 Å². The summed E-state index contributed by atoms with van der Waals surface area (Å²) < 4.78 is 26.4. The number of hydrogen-bond donors (Lipinski definition) is 2. The fourth-order valence-electron chi connectivity index (χ4n) is 1.83. The smallest absolute Gasteiger partial charge is 0.126 e. The van der Waals surface area contributed by atoms with E-state index >= 15 is 0 Å². The number of benzene rings is 2. The molecule has 0 aliphatic carbocycles. The average molecular weight is 248 g/mol. The summed E-state index contributed by atoms with van der Waals surface area (Å²) in [5.74, 6) is 4.90. The first-order valence-electron chi connectivity index (χ1n) is 5.59. The first-order valence-corrected chi connectivity index (χ1v) is 5.59. The van der Waals surface area contributed by atoms with Gasteiger partial charge >= 0.3 is 0 Å². The quantitative estimate of drug-likeness (QED) is 0.647. The largest absolute Gasteiger partial charge is 0.271 e. The Labute approximate surface area is 104 Å². The van der Waals surface area contributed by atoms with Crippen LogP contribution in [0, 0.1) is 18.6 Å². The summed E-state index contributed by atoms with van der Waals surface area (Å²) >= 11 is 0. The van der Waals surface area contributed by atoms with Crippen LogP contribution in [0.5, 0.6) is 0 Å². The topological polar surface area (TPSA) is 38.0 Å². The molecule has 94 valence electrons. The Hall–Kier alpha value is -1.78. The van der Waals surface area contributed by atoms with Gasteiger partial charge in [0.05, 0.1) is 6.04 Å². The monoisotopic (exact) mass is 248 g/mol. The van der Waals surface area contributed by atoms with Gasteiger partial charge in [0.15, 0.2) is 0 Å². The first kappa shape index (κ1) is 12.7. The van der Waals surface area contributed by atoms with Gasteiger partial charge in [-0.15, -0.1) is 0 Å². The number of nitrogens with two attached hydrogens (primary N) is 1. The van der Waals surface area contributed by atoms with Crippen molar-refractivity contribution in [1.82, 2.24) is 5.43 Å². The Bertz CT molecular complexity index is 538. The molecule has 3 N–H and O–H groups in total. The highest BCUT2D eigenvalue weighted by Crippen LogP contribution is 2.23. The lowest BCUT2D eigenvalue weighted by molar-refractivity contribution is 0.596. The molecule has 0 aliphatic rings. The SMILES string of the molecule is Cc1ccc(C(NN)c2ccc(F)cc2)cc1F. The summed E-state index contributed by atoms with van der Waals surface area (Å²) in [6.45, 7) is 1.70. The molecular formula is C14H14F2N2. The summed E-state index contributed by atoms with van der Waals surface area (Å²) in [4.78, 5) is 0. The second-order valence-electron chi connectivity index (χ2n) is 4.16. The van der Waals surface area contributed by atoms with E-state index in [-0.39, 0.29) is 17.7 Å². The zero-order valence-corrected chi connectivity index (χ0v) is 9.95. The van der Waals surface area contributed by atoms with E-state index in [0.717, 1.165) is 5.56 Å². The Morgan fingerprint density at radius 2 is 1.61 bits per heavy atom. The standard InChI is InChI=1S/C14H14F2N2/c1-9-2-3-11(8-13(9)16)14(18-17)10-4-6-12(15)7-5-10/h2-8,14,18H,17H2,1H3. The van der Waals surface area contributed by atoms with Crippen LogP contribution in [-0.2, 0) is 0 Å². The van der Waals surface area contributed by atoms with Crippen LogP contribution in [-0.4, -0.2) is 0 Å². The summed E-state index contributed by atoms with van der Waals surface area (Å²) in [5, 5.41) is 0. The van der Waals surface area contributed by atoms with Crippen LogP contribution in [0.25, 0.3) is 0 Å². The summed E-state index contributed by atoms with van der Waals surface area (Å²) in [6.07, 6.45) is 0. The van der Waals surface area contributed by atoms with Crippen molar-refractivity contribution < 1.29 is 8.78 Å². The molecule has 2 rings (SSSR count). The molecule has 0 fully saturated rings. The molecule has 4 heteroatoms. The predicted octanol–water partition coefficient (Wildman–Crippen LogP) is 2.83. The maximum Gasteiger partial charge on any atom is 0.126 e. The van der Waals surface area contributed by atoms with Crippen molar-refractivity contribution in [1.29, 1.82) is 0 Å². The van der Waals surface area contributed by atoms with Gasteiger partial charge in [-0.05, 0) is 41.8 Å². The second kappa shape index (κ2) is 5.25. The van der Waals surface area contributed by atoms with Gasteiger partial charge in [-0.3, -0.25) is 5.84 Å². The molecule has 1 atom stereocenters. The third-order valence-corrected chi connectivity index (χ3v) is 2.90. The van der Waals surface area contributed by atoms with Crippen LogP contribution >= 0.6 is 0 Å². The molecule has 0 saturated heterocycles. The van der Waals surface area contributed by atoms with E-state index in [2.05, 4.69) is 5.43 Å². The van der Waals surface area contributed by atoms with Crippen molar-refractivity contribution >= 4 is 0 Å². The minimum atomic E-state index is -0.360. The number of nitrogens with one attached hydrogen (secondary N) is 1. The van der Waals surface area contributed by atoms with Gasteiger partial charge in [0.1, 0.15) is 11.6 Å². The zero-order valence-electron chi connectivity index (χ0n) is 9.95. The Morgan fingerprint density at radius 1 is 1.00 bits per heavy atom. The van der Waals surface area contributed by atoms with E-state index in [1.54, 1.807) is 31.2 Å². The lowest BCUT2D eigenvalue weighted by atomic mass is 9.98. The summed E-state index contributed by atoms with van der Waals surface area (Å²) in [7, 11) is 0. The molecule has 18 heavy (non-hydrogen) atoms. The van der Waals surface area contributed by atoms with Crippen LogP contribution in [0.2, 0.25) is 0 Å². The number of rotatable bonds is 3. The molecular weight excluding hydrogens is 234 g/mol. The van der Waals surface area contributed by atoms with Crippen LogP contribution in [0.4, 0.5) is 8.78 Å². The molecule has 2 aromatic carbocycles. The second-order valence-corrected chi connectivity index (χ2v) is 4.16. The van der Waals surface area contributed by atoms with Crippen molar-refractivity contribution in [2.24, 2.45) is 5.84 Å². The van der Waals surface area contributed by atoms with E-state index in [1.165, 1.54) is 18.2 Å². The molecule has 0 radical (unpaired) electrons. The fraction of sp³-hybridized carbons (Fsp3) is 0.143. The molecule has 0 amide bonds. The van der Waals surface area contributed by atoms with Crippen molar-refractivity contribution in [3.63, 3.8) is 0 Å². The normalized spacial score (nSPS) is 12.4.